The molecule has 0 spiro atoms. The lowest BCUT2D eigenvalue weighted by Crippen LogP contribution is -2.33. The van der Waals surface area contributed by atoms with Gasteiger partial charge in [0.05, 0.1) is 0 Å². The lowest BCUT2D eigenvalue weighted by Gasteiger charge is -2.22. The van der Waals surface area contributed by atoms with Crippen molar-refractivity contribution in [1.29, 1.82) is 0 Å². The minimum Gasteiger partial charge on any atom is -0.484 e. The number of fused-ring (bicyclic) bond motifs is 1. The summed E-state index contributed by atoms with van der Waals surface area (Å²) in [5.41, 5.74) is 3.54. The number of hydrogen-bond donors (Lipinski definition) is 0. The highest BCUT2D eigenvalue weighted by molar-refractivity contribution is 5.97. The molecule has 0 atom stereocenters. The largest absolute Gasteiger partial charge is 0.484 e. The molecular formula is C20H22N2O2. The van der Waals surface area contributed by atoms with Crippen molar-refractivity contribution in [3.05, 3.63) is 54.1 Å². The number of ether oxygens (including phenoxy) is 1. The normalized spacial score (nSPS) is 16.3. The fourth-order valence-corrected chi connectivity index (χ4v) is 3.54. The van der Waals surface area contributed by atoms with E-state index in [0.29, 0.717) is 0 Å². The third kappa shape index (κ3) is 2.96. The molecule has 2 aromatic rings. The molecule has 0 unspecified atom stereocenters. The van der Waals surface area contributed by atoms with Crippen molar-refractivity contribution in [3.63, 3.8) is 0 Å². The number of para-hydroxylation sites is 1. The first kappa shape index (κ1) is 15.1. The van der Waals surface area contributed by atoms with Gasteiger partial charge in [-0.15, -0.1) is 0 Å². The number of nitrogens with zero attached hydrogens (tertiary/aromatic N) is 2. The van der Waals surface area contributed by atoms with Gasteiger partial charge in [-0.1, -0.05) is 24.3 Å². The molecule has 2 aliphatic heterocycles. The first-order valence-corrected chi connectivity index (χ1v) is 8.67. The van der Waals surface area contributed by atoms with E-state index in [4.69, 9.17) is 4.74 Å². The Bertz CT molecular complexity index is 724. The minimum atomic E-state index is 0.0242. The summed E-state index contributed by atoms with van der Waals surface area (Å²) in [5.74, 6) is 0.757. The predicted molar refractivity (Wildman–Crippen MR) is 95.9 cm³/mol. The zero-order valence-corrected chi connectivity index (χ0v) is 13.8. The SMILES string of the molecule is O=C(COc1ccccc1)N1CCc2ccc(N3CCCC3)cc21. The fourth-order valence-electron chi connectivity index (χ4n) is 3.54. The minimum absolute atomic E-state index is 0.0242. The van der Waals surface area contributed by atoms with Crippen LogP contribution in [0.3, 0.4) is 0 Å². The highest BCUT2D eigenvalue weighted by atomic mass is 16.5. The molecule has 2 aromatic carbocycles. The number of carbonyl (C=O) groups excluding carboxylic acids is 1. The molecule has 2 heterocycles. The molecule has 1 amide bonds. The Kier molecular flexibility index (Phi) is 4.11. The molecule has 24 heavy (non-hydrogen) atoms. The van der Waals surface area contributed by atoms with Crippen LogP contribution in [0.15, 0.2) is 48.5 Å². The maximum absolute atomic E-state index is 12.6. The highest BCUT2D eigenvalue weighted by Crippen LogP contribution is 2.33. The monoisotopic (exact) mass is 322 g/mol. The summed E-state index contributed by atoms with van der Waals surface area (Å²) in [6, 6.07) is 16.0. The molecule has 124 valence electrons. The predicted octanol–water partition coefficient (Wildman–Crippen LogP) is 3.25. The fraction of sp³-hybridized carbons (Fsp3) is 0.350. The Morgan fingerprint density at radius 3 is 2.58 bits per heavy atom. The number of amides is 1. The molecule has 0 aliphatic carbocycles. The van der Waals surface area contributed by atoms with Gasteiger partial charge in [-0.3, -0.25) is 4.79 Å². The summed E-state index contributed by atoms with van der Waals surface area (Å²) in [6.07, 6.45) is 3.43. The van der Waals surface area contributed by atoms with Gasteiger partial charge in [0, 0.05) is 31.0 Å². The summed E-state index contributed by atoms with van der Waals surface area (Å²) in [7, 11) is 0. The Morgan fingerprint density at radius 1 is 1.00 bits per heavy atom. The van der Waals surface area contributed by atoms with Crippen LogP contribution in [0.1, 0.15) is 18.4 Å². The zero-order valence-electron chi connectivity index (χ0n) is 13.8. The van der Waals surface area contributed by atoms with E-state index in [-0.39, 0.29) is 12.5 Å². The van der Waals surface area contributed by atoms with E-state index in [9.17, 15) is 4.79 Å². The Morgan fingerprint density at radius 2 is 1.79 bits per heavy atom. The first-order valence-electron chi connectivity index (χ1n) is 8.67. The van der Waals surface area contributed by atoms with Crippen LogP contribution in [-0.4, -0.2) is 32.1 Å². The van der Waals surface area contributed by atoms with E-state index in [1.807, 2.05) is 35.2 Å². The Labute approximate surface area is 142 Å². The van der Waals surface area contributed by atoms with Crippen LogP contribution in [-0.2, 0) is 11.2 Å². The zero-order chi connectivity index (χ0) is 16.4. The van der Waals surface area contributed by atoms with Crippen molar-refractivity contribution in [1.82, 2.24) is 0 Å². The first-order chi connectivity index (χ1) is 11.8. The van der Waals surface area contributed by atoms with E-state index < -0.39 is 0 Å². The van der Waals surface area contributed by atoms with Gasteiger partial charge in [-0.25, -0.2) is 0 Å². The average molecular weight is 322 g/mol. The van der Waals surface area contributed by atoms with Gasteiger partial charge in [0.15, 0.2) is 6.61 Å². The summed E-state index contributed by atoms with van der Waals surface area (Å²) < 4.78 is 5.62. The second-order valence-corrected chi connectivity index (χ2v) is 6.40. The molecule has 0 saturated carbocycles. The second-order valence-electron chi connectivity index (χ2n) is 6.40. The standard InChI is InChI=1S/C20H22N2O2/c23-20(15-24-18-6-2-1-3-7-18)22-13-10-16-8-9-17(14-19(16)22)21-11-4-5-12-21/h1-3,6-9,14H,4-5,10-13,15H2. The van der Waals surface area contributed by atoms with Crippen LogP contribution in [0, 0.1) is 0 Å². The van der Waals surface area contributed by atoms with Gasteiger partial charge in [0.1, 0.15) is 5.75 Å². The molecule has 0 radical (unpaired) electrons. The van der Waals surface area contributed by atoms with Crippen LogP contribution in [0.4, 0.5) is 11.4 Å². The molecule has 2 aliphatic rings. The van der Waals surface area contributed by atoms with Crippen molar-refractivity contribution in [2.45, 2.75) is 19.3 Å². The van der Waals surface area contributed by atoms with Crippen molar-refractivity contribution < 1.29 is 9.53 Å². The van der Waals surface area contributed by atoms with Crippen LogP contribution in [0.2, 0.25) is 0 Å². The molecule has 4 nitrogen and oxygen atoms in total. The smallest absolute Gasteiger partial charge is 0.264 e. The maximum Gasteiger partial charge on any atom is 0.264 e. The number of carbonyl (C=O) groups is 1. The topological polar surface area (TPSA) is 32.8 Å². The molecule has 1 saturated heterocycles. The van der Waals surface area contributed by atoms with Gasteiger partial charge in [0.25, 0.3) is 5.91 Å². The summed E-state index contributed by atoms with van der Waals surface area (Å²) >= 11 is 0. The molecule has 0 aromatic heterocycles. The van der Waals surface area contributed by atoms with Crippen LogP contribution >= 0.6 is 0 Å². The highest BCUT2D eigenvalue weighted by Gasteiger charge is 2.26. The van der Waals surface area contributed by atoms with Crippen LogP contribution in [0.25, 0.3) is 0 Å². The van der Waals surface area contributed by atoms with E-state index >= 15 is 0 Å². The number of anilines is 2. The number of hydrogen-bond acceptors (Lipinski definition) is 3. The van der Waals surface area contributed by atoms with Crippen molar-refractivity contribution in [2.24, 2.45) is 0 Å². The number of rotatable bonds is 4. The van der Waals surface area contributed by atoms with Crippen molar-refractivity contribution >= 4 is 17.3 Å². The van der Waals surface area contributed by atoms with Crippen molar-refractivity contribution in [3.8, 4) is 5.75 Å². The van der Waals surface area contributed by atoms with E-state index in [1.165, 1.54) is 24.1 Å². The molecule has 1 fully saturated rings. The van der Waals surface area contributed by atoms with Crippen molar-refractivity contribution in [2.75, 3.05) is 36.0 Å². The molecule has 4 rings (SSSR count). The number of benzene rings is 2. The molecule has 4 heteroatoms. The molecule has 0 bridgehead atoms. The van der Waals surface area contributed by atoms with E-state index in [1.54, 1.807) is 0 Å². The van der Waals surface area contributed by atoms with Gasteiger partial charge >= 0.3 is 0 Å². The Hall–Kier alpha value is -2.49. The van der Waals surface area contributed by atoms with Crippen LogP contribution in [0.5, 0.6) is 5.75 Å². The average Bonchev–Trinajstić information content (AvgIpc) is 3.29. The summed E-state index contributed by atoms with van der Waals surface area (Å²) in [6.45, 7) is 3.06. The van der Waals surface area contributed by atoms with Crippen LogP contribution < -0.4 is 14.5 Å². The quantitative estimate of drug-likeness (QED) is 0.866. The maximum atomic E-state index is 12.6. The summed E-state index contributed by atoms with van der Waals surface area (Å²) in [5, 5.41) is 0. The van der Waals surface area contributed by atoms with E-state index in [2.05, 4.69) is 23.1 Å². The summed E-state index contributed by atoms with van der Waals surface area (Å²) in [4.78, 5) is 16.9. The third-order valence-electron chi connectivity index (χ3n) is 4.84. The lowest BCUT2D eigenvalue weighted by molar-refractivity contribution is -0.120. The van der Waals surface area contributed by atoms with Gasteiger partial charge in [0.2, 0.25) is 0 Å². The molecular weight excluding hydrogens is 300 g/mol. The lowest BCUT2D eigenvalue weighted by atomic mass is 10.1. The molecule has 0 N–H and O–H groups in total. The van der Waals surface area contributed by atoms with Gasteiger partial charge in [-0.05, 0) is 49.1 Å². The van der Waals surface area contributed by atoms with Gasteiger partial charge < -0.3 is 14.5 Å². The van der Waals surface area contributed by atoms with Gasteiger partial charge in [-0.2, -0.15) is 0 Å². The van der Waals surface area contributed by atoms with E-state index in [0.717, 1.165) is 37.5 Å². The Balaban J connectivity index is 1.48. The third-order valence-corrected chi connectivity index (χ3v) is 4.84. The second kappa shape index (κ2) is 6.56.